The van der Waals surface area contributed by atoms with Gasteiger partial charge >= 0.3 is 5.97 Å². The molecule has 0 aliphatic carbocycles. The van der Waals surface area contributed by atoms with Crippen molar-refractivity contribution in [1.29, 1.82) is 0 Å². The minimum absolute atomic E-state index is 0.263. The smallest absolute Gasteiger partial charge is 0.336 e. The van der Waals surface area contributed by atoms with E-state index < -0.39 is 5.97 Å². The van der Waals surface area contributed by atoms with Crippen molar-refractivity contribution in [3.63, 3.8) is 0 Å². The van der Waals surface area contributed by atoms with Gasteiger partial charge in [-0.3, -0.25) is 0 Å². The molecule has 0 unspecified atom stereocenters. The summed E-state index contributed by atoms with van der Waals surface area (Å²) in [7, 11) is 0. The number of aryl methyl sites for hydroxylation is 1. The van der Waals surface area contributed by atoms with Gasteiger partial charge in [0.15, 0.2) is 0 Å². The van der Waals surface area contributed by atoms with Gasteiger partial charge in [0.05, 0.1) is 5.57 Å². The lowest BCUT2D eigenvalue weighted by Gasteiger charge is -2.08. The van der Waals surface area contributed by atoms with E-state index in [1.165, 1.54) is 5.56 Å². The summed E-state index contributed by atoms with van der Waals surface area (Å²) in [6.45, 7) is 2.55. The van der Waals surface area contributed by atoms with Crippen molar-refractivity contribution in [2.24, 2.45) is 0 Å². The SMILES string of the molecule is Cc1cccc(COc2ccc(/C=C(\C(=O)O)c3ccccc3)cc2)c1. The number of hydrogen-bond donors (Lipinski definition) is 1. The lowest BCUT2D eigenvalue weighted by molar-refractivity contribution is -0.130. The third-order valence-corrected chi connectivity index (χ3v) is 3.99. The molecule has 0 aliphatic heterocycles. The molecule has 0 saturated carbocycles. The predicted octanol–water partition coefficient (Wildman–Crippen LogP) is 5.20. The van der Waals surface area contributed by atoms with Gasteiger partial charge in [0.1, 0.15) is 12.4 Å². The Kier molecular flexibility index (Phi) is 5.49. The molecule has 1 N–H and O–H groups in total. The van der Waals surface area contributed by atoms with Crippen LogP contribution in [0.3, 0.4) is 0 Å². The van der Waals surface area contributed by atoms with Gasteiger partial charge in [-0.25, -0.2) is 4.79 Å². The molecule has 3 rings (SSSR count). The molecule has 0 fully saturated rings. The van der Waals surface area contributed by atoms with Crippen molar-refractivity contribution in [3.05, 3.63) is 101 Å². The average Bonchev–Trinajstić information content (AvgIpc) is 2.66. The van der Waals surface area contributed by atoms with Crippen LogP contribution in [0.1, 0.15) is 22.3 Å². The first kappa shape index (κ1) is 17.5. The molecular formula is C23H20O3. The van der Waals surface area contributed by atoms with Crippen LogP contribution in [-0.2, 0) is 11.4 Å². The summed E-state index contributed by atoms with van der Waals surface area (Å²) in [4.78, 5) is 11.6. The largest absolute Gasteiger partial charge is 0.489 e. The van der Waals surface area contributed by atoms with Gasteiger partial charge < -0.3 is 9.84 Å². The van der Waals surface area contributed by atoms with Gasteiger partial charge in [-0.15, -0.1) is 0 Å². The summed E-state index contributed by atoms with van der Waals surface area (Å²) in [6.07, 6.45) is 1.67. The highest BCUT2D eigenvalue weighted by molar-refractivity contribution is 6.20. The lowest BCUT2D eigenvalue weighted by atomic mass is 10.0. The standard InChI is InChI=1S/C23H20O3/c1-17-6-5-7-19(14-17)16-26-21-12-10-18(11-13-21)15-22(23(24)25)20-8-3-2-4-9-20/h2-15H,16H2,1H3,(H,24,25)/b22-15-. The van der Waals surface area contributed by atoms with Gasteiger partial charge in [-0.1, -0.05) is 72.3 Å². The molecule has 0 saturated heterocycles. The van der Waals surface area contributed by atoms with E-state index in [1.54, 1.807) is 18.2 Å². The zero-order valence-electron chi connectivity index (χ0n) is 14.6. The third-order valence-electron chi connectivity index (χ3n) is 3.99. The van der Waals surface area contributed by atoms with Crippen molar-refractivity contribution in [3.8, 4) is 5.75 Å². The van der Waals surface area contributed by atoms with Crippen molar-refractivity contribution in [2.45, 2.75) is 13.5 Å². The number of rotatable bonds is 6. The molecule has 0 heterocycles. The van der Waals surface area contributed by atoms with E-state index in [9.17, 15) is 9.90 Å². The van der Waals surface area contributed by atoms with E-state index in [1.807, 2.05) is 54.6 Å². The summed E-state index contributed by atoms with van der Waals surface area (Å²) < 4.78 is 5.80. The number of carboxylic acid groups (broad SMARTS) is 1. The van der Waals surface area contributed by atoms with Crippen molar-refractivity contribution < 1.29 is 14.6 Å². The maximum atomic E-state index is 11.6. The van der Waals surface area contributed by atoms with E-state index in [-0.39, 0.29) is 5.57 Å². The zero-order chi connectivity index (χ0) is 18.4. The molecule has 0 aliphatic rings. The Labute approximate surface area is 153 Å². The van der Waals surface area contributed by atoms with Crippen LogP contribution in [0.5, 0.6) is 5.75 Å². The first-order chi connectivity index (χ1) is 12.6. The first-order valence-corrected chi connectivity index (χ1v) is 8.40. The molecule has 3 aromatic rings. The van der Waals surface area contributed by atoms with Crippen molar-refractivity contribution in [2.75, 3.05) is 0 Å². The van der Waals surface area contributed by atoms with E-state index in [0.29, 0.717) is 12.2 Å². The van der Waals surface area contributed by atoms with Gasteiger partial charge in [0, 0.05) is 0 Å². The molecule has 0 radical (unpaired) electrons. The predicted molar refractivity (Wildman–Crippen MR) is 104 cm³/mol. The second-order valence-electron chi connectivity index (χ2n) is 6.08. The Morgan fingerprint density at radius 1 is 0.962 bits per heavy atom. The molecule has 26 heavy (non-hydrogen) atoms. The number of ether oxygens (including phenoxy) is 1. The van der Waals surface area contributed by atoms with Crippen LogP contribution in [-0.4, -0.2) is 11.1 Å². The Hall–Kier alpha value is -3.33. The van der Waals surface area contributed by atoms with E-state index in [2.05, 4.69) is 19.1 Å². The normalized spacial score (nSPS) is 11.2. The third kappa shape index (κ3) is 4.61. The Morgan fingerprint density at radius 2 is 1.69 bits per heavy atom. The Morgan fingerprint density at radius 3 is 2.35 bits per heavy atom. The van der Waals surface area contributed by atoms with Crippen LogP contribution in [0.2, 0.25) is 0 Å². The summed E-state index contributed by atoms with van der Waals surface area (Å²) in [5.41, 5.74) is 4.08. The fraction of sp³-hybridized carbons (Fsp3) is 0.0870. The van der Waals surface area contributed by atoms with Crippen LogP contribution < -0.4 is 4.74 Å². The summed E-state index contributed by atoms with van der Waals surface area (Å²) >= 11 is 0. The fourth-order valence-corrected chi connectivity index (χ4v) is 2.68. The van der Waals surface area contributed by atoms with E-state index in [4.69, 9.17) is 4.74 Å². The summed E-state index contributed by atoms with van der Waals surface area (Å²) in [6, 6.07) is 24.7. The van der Waals surface area contributed by atoms with E-state index in [0.717, 1.165) is 16.9 Å². The molecule has 3 aromatic carbocycles. The van der Waals surface area contributed by atoms with E-state index >= 15 is 0 Å². The Balaban J connectivity index is 1.73. The quantitative estimate of drug-likeness (QED) is 0.494. The van der Waals surface area contributed by atoms with Gasteiger partial charge in [-0.05, 0) is 41.8 Å². The van der Waals surface area contributed by atoms with Crippen molar-refractivity contribution >= 4 is 17.6 Å². The molecule has 3 nitrogen and oxygen atoms in total. The van der Waals surface area contributed by atoms with Crippen LogP contribution in [0, 0.1) is 6.92 Å². The number of carboxylic acids is 1. The number of hydrogen-bond acceptors (Lipinski definition) is 2. The van der Waals surface area contributed by atoms with Crippen molar-refractivity contribution in [1.82, 2.24) is 0 Å². The van der Waals surface area contributed by atoms with Gasteiger partial charge in [0.25, 0.3) is 0 Å². The maximum absolute atomic E-state index is 11.6. The average molecular weight is 344 g/mol. The molecule has 3 heteroatoms. The minimum Gasteiger partial charge on any atom is -0.489 e. The summed E-state index contributed by atoms with van der Waals surface area (Å²) in [5, 5.41) is 9.48. The zero-order valence-corrected chi connectivity index (χ0v) is 14.6. The van der Waals surface area contributed by atoms with Gasteiger partial charge in [0.2, 0.25) is 0 Å². The molecule has 0 spiro atoms. The Bertz CT molecular complexity index is 910. The molecule has 0 aromatic heterocycles. The second-order valence-corrected chi connectivity index (χ2v) is 6.08. The van der Waals surface area contributed by atoms with Crippen LogP contribution in [0.25, 0.3) is 11.6 Å². The first-order valence-electron chi connectivity index (χ1n) is 8.40. The molecule has 0 bridgehead atoms. The number of aliphatic carboxylic acids is 1. The number of benzene rings is 3. The molecule has 0 atom stereocenters. The highest BCUT2D eigenvalue weighted by Crippen LogP contribution is 2.21. The maximum Gasteiger partial charge on any atom is 0.336 e. The minimum atomic E-state index is -0.948. The number of carbonyl (C=O) groups is 1. The molecular weight excluding hydrogens is 324 g/mol. The van der Waals surface area contributed by atoms with Crippen LogP contribution in [0.4, 0.5) is 0 Å². The monoisotopic (exact) mass is 344 g/mol. The lowest BCUT2D eigenvalue weighted by Crippen LogP contribution is -1.99. The summed E-state index contributed by atoms with van der Waals surface area (Å²) in [5.74, 6) is -0.198. The topological polar surface area (TPSA) is 46.5 Å². The van der Waals surface area contributed by atoms with Gasteiger partial charge in [-0.2, -0.15) is 0 Å². The highest BCUT2D eigenvalue weighted by atomic mass is 16.5. The highest BCUT2D eigenvalue weighted by Gasteiger charge is 2.09. The fourth-order valence-electron chi connectivity index (χ4n) is 2.68. The molecule has 130 valence electrons. The van der Waals surface area contributed by atoms with Crippen LogP contribution >= 0.6 is 0 Å². The van der Waals surface area contributed by atoms with Crippen LogP contribution in [0.15, 0.2) is 78.9 Å². The second kappa shape index (κ2) is 8.17. The molecule has 0 amide bonds.